The van der Waals surface area contributed by atoms with E-state index in [0.717, 1.165) is 28.9 Å². The van der Waals surface area contributed by atoms with E-state index in [1.54, 1.807) is 18.9 Å². The Morgan fingerprint density at radius 2 is 2.08 bits per heavy atom. The maximum absolute atomic E-state index is 6.04. The molecule has 0 spiro atoms. The number of nitrogens with one attached hydrogen (secondary N) is 1. The Morgan fingerprint density at radius 1 is 1.33 bits per heavy atom. The van der Waals surface area contributed by atoms with Gasteiger partial charge in [0.1, 0.15) is 0 Å². The van der Waals surface area contributed by atoms with Crippen LogP contribution in [0.25, 0.3) is 0 Å². The monoisotopic (exact) mass is 331 g/mol. The molecule has 0 atom stereocenters. The van der Waals surface area contributed by atoms with E-state index >= 15 is 0 Å². The van der Waals surface area contributed by atoms with E-state index in [0.29, 0.717) is 25.0 Å². The summed E-state index contributed by atoms with van der Waals surface area (Å²) in [6, 6.07) is 7.83. The quantitative estimate of drug-likeness (QED) is 0.599. The molecule has 0 aliphatic carbocycles. The van der Waals surface area contributed by atoms with E-state index in [-0.39, 0.29) is 0 Å². The lowest BCUT2D eigenvalue weighted by Crippen LogP contribution is -2.23. The van der Waals surface area contributed by atoms with Gasteiger partial charge in [-0.05, 0) is 12.5 Å². The molecule has 0 fully saturated rings. The second-order valence-electron chi connectivity index (χ2n) is 5.33. The molecule has 7 heteroatoms. The fraction of sp³-hybridized carbons (Fsp3) is 0.412. The topological polar surface area (TPSA) is 86.7 Å². The largest absolute Gasteiger partial charge is 0.481 e. The molecular weight excluding hydrogens is 306 g/mol. The zero-order valence-corrected chi connectivity index (χ0v) is 14.7. The van der Waals surface area contributed by atoms with Crippen LogP contribution < -0.4 is 15.8 Å². The third kappa shape index (κ3) is 4.05. The van der Waals surface area contributed by atoms with Gasteiger partial charge in [-0.25, -0.2) is 9.67 Å². The molecule has 24 heavy (non-hydrogen) atoms. The number of para-hydroxylation sites is 1. The molecule has 0 aliphatic heterocycles. The predicted octanol–water partition coefficient (Wildman–Crippen LogP) is 2.06. The van der Waals surface area contributed by atoms with Gasteiger partial charge in [0, 0.05) is 25.4 Å². The highest BCUT2D eigenvalue weighted by Crippen LogP contribution is 2.23. The van der Waals surface area contributed by atoms with E-state index in [9.17, 15) is 0 Å². The Balaban J connectivity index is 2.16. The lowest BCUT2D eigenvalue weighted by Gasteiger charge is -2.11. The molecule has 1 heterocycles. The maximum Gasteiger partial charge on any atom is 0.216 e. The van der Waals surface area contributed by atoms with Gasteiger partial charge in [-0.15, -0.1) is 0 Å². The molecule has 0 bridgehead atoms. The van der Waals surface area contributed by atoms with Crippen molar-refractivity contribution in [2.75, 3.05) is 19.5 Å². The van der Waals surface area contributed by atoms with Crippen molar-refractivity contribution in [2.45, 2.75) is 26.5 Å². The van der Waals surface area contributed by atoms with Gasteiger partial charge in [-0.1, -0.05) is 25.1 Å². The molecule has 130 valence electrons. The number of ether oxygens (including phenoxy) is 2. The molecule has 1 aromatic heterocycles. The Hall–Kier alpha value is -2.54. The lowest BCUT2D eigenvalue weighted by molar-refractivity contribution is 0.185. The number of methoxy groups -OCH3 is 2. The lowest BCUT2D eigenvalue weighted by atomic mass is 10.2. The number of aliphatic imine (C=N–C) groups is 1. The highest BCUT2D eigenvalue weighted by molar-refractivity contribution is 5.93. The summed E-state index contributed by atoms with van der Waals surface area (Å²) in [5.74, 6) is 1.05. The van der Waals surface area contributed by atoms with Crippen molar-refractivity contribution in [3.05, 3.63) is 41.1 Å². The summed E-state index contributed by atoms with van der Waals surface area (Å²) in [5.41, 5.74) is 9.86. The Morgan fingerprint density at radius 3 is 2.75 bits per heavy atom. The first kappa shape index (κ1) is 17.8. The van der Waals surface area contributed by atoms with Crippen molar-refractivity contribution in [3.8, 4) is 5.88 Å². The van der Waals surface area contributed by atoms with Gasteiger partial charge in [0.2, 0.25) is 5.88 Å². The van der Waals surface area contributed by atoms with Gasteiger partial charge >= 0.3 is 0 Å². The molecule has 0 amide bonds. The number of aryl methyl sites for hydroxylation is 2. The number of hydrogen-bond acceptors (Lipinski definition) is 4. The molecule has 3 N–H and O–H groups in total. The predicted molar refractivity (Wildman–Crippen MR) is 95.2 cm³/mol. The van der Waals surface area contributed by atoms with Crippen LogP contribution in [0, 0.1) is 0 Å². The summed E-state index contributed by atoms with van der Waals surface area (Å²) >= 11 is 0. The van der Waals surface area contributed by atoms with Crippen molar-refractivity contribution in [3.63, 3.8) is 0 Å². The van der Waals surface area contributed by atoms with Crippen molar-refractivity contribution >= 4 is 11.6 Å². The van der Waals surface area contributed by atoms with Crippen LogP contribution in [0.4, 0.5) is 5.69 Å². The standard InChI is InChI=1S/C17H25N5O2/c1-5-14-13(16(24-4)22(2)21-14)10-19-17(18)20-15-9-7-6-8-12(15)11-23-3/h6-9H,5,10-11H2,1-4H3,(H3,18,19,20). The summed E-state index contributed by atoms with van der Waals surface area (Å²) in [4.78, 5) is 4.43. The second kappa shape index (κ2) is 8.35. The number of nitrogens with zero attached hydrogens (tertiary/aromatic N) is 3. The van der Waals surface area contributed by atoms with Crippen LogP contribution in [0.1, 0.15) is 23.7 Å². The van der Waals surface area contributed by atoms with Crippen LogP contribution >= 0.6 is 0 Å². The van der Waals surface area contributed by atoms with Crippen LogP contribution in [0.2, 0.25) is 0 Å². The van der Waals surface area contributed by atoms with Gasteiger partial charge in [-0.2, -0.15) is 5.10 Å². The van der Waals surface area contributed by atoms with Crippen LogP contribution in [0.15, 0.2) is 29.3 Å². The van der Waals surface area contributed by atoms with Crippen molar-refractivity contribution in [2.24, 2.45) is 17.8 Å². The van der Waals surface area contributed by atoms with E-state index in [4.69, 9.17) is 15.2 Å². The number of hydrogen-bond donors (Lipinski definition) is 2. The number of rotatable bonds is 7. The number of anilines is 1. The molecule has 0 radical (unpaired) electrons. The summed E-state index contributed by atoms with van der Waals surface area (Å²) in [5, 5.41) is 7.57. The smallest absolute Gasteiger partial charge is 0.216 e. The van der Waals surface area contributed by atoms with Crippen LogP contribution in [0.5, 0.6) is 5.88 Å². The summed E-state index contributed by atoms with van der Waals surface area (Å²) in [7, 11) is 5.15. The normalized spacial score (nSPS) is 11.6. The van der Waals surface area contributed by atoms with Gasteiger partial charge in [0.05, 0.1) is 31.5 Å². The van der Waals surface area contributed by atoms with E-state index in [2.05, 4.69) is 22.3 Å². The summed E-state index contributed by atoms with van der Waals surface area (Å²) in [6.45, 7) is 2.97. The van der Waals surface area contributed by atoms with E-state index in [1.165, 1.54) is 0 Å². The Labute approximate surface area is 142 Å². The SMILES string of the molecule is CCc1nn(C)c(OC)c1CN=C(N)Nc1ccccc1COC. The number of guanidine groups is 1. The van der Waals surface area contributed by atoms with E-state index < -0.39 is 0 Å². The summed E-state index contributed by atoms with van der Waals surface area (Å²) in [6.07, 6.45) is 0.812. The zero-order chi connectivity index (χ0) is 17.5. The van der Waals surface area contributed by atoms with Crippen LogP contribution in [-0.4, -0.2) is 30.0 Å². The van der Waals surface area contributed by atoms with Crippen LogP contribution in [-0.2, 0) is 31.4 Å². The first-order valence-electron chi connectivity index (χ1n) is 7.83. The van der Waals surface area contributed by atoms with Gasteiger partial charge in [-0.3, -0.25) is 0 Å². The highest BCUT2D eigenvalue weighted by atomic mass is 16.5. The van der Waals surface area contributed by atoms with Gasteiger partial charge in [0.15, 0.2) is 5.96 Å². The summed E-state index contributed by atoms with van der Waals surface area (Å²) < 4.78 is 12.3. The average molecular weight is 331 g/mol. The number of aromatic nitrogens is 2. The molecule has 7 nitrogen and oxygen atoms in total. The molecule has 2 rings (SSSR count). The first-order valence-corrected chi connectivity index (χ1v) is 7.83. The number of benzene rings is 1. The third-order valence-corrected chi connectivity index (χ3v) is 3.69. The second-order valence-corrected chi connectivity index (χ2v) is 5.33. The Bertz CT molecular complexity index is 709. The van der Waals surface area contributed by atoms with Gasteiger partial charge in [0.25, 0.3) is 0 Å². The molecule has 0 saturated heterocycles. The minimum absolute atomic E-state index is 0.339. The molecular formula is C17H25N5O2. The fourth-order valence-electron chi connectivity index (χ4n) is 2.57. The zero-order valence-electron chi connectivity index (χ0n) is 14.7. The van der Waals surface area contributed by atoms with Crippen molar-refractivity contribution < 1.29 is 9.47 Å². The minimum atomic E-state index is 0.339. The first-order chi connectivity index (χ1) is 11.6. The number of nitrogens with two attached hydrogens (primary N) is 1. The average Bonchev–Trinajstić information content (AvgIpc) is 2.89. The maximum atomic E-state index is 6.04. The molecule has 0 unspecified atom stereocenters. The molecule has 0 aliphatic rings. The van der Waals surface area contributed by atoms with Crippen molar-refractivity contribution in [1.82, 2.24) is 9.78 Å². The van der Waals surface area contributed by atoms with Crippen LogP contribution in [0.3, 0.4) is 0 Å². The highest BCUT2D eigenvalue weighted by Gasteiger charge is 2.15. The van der Waals surface area contributed by atoms with Gasteiger partial charge < -0.3 is 20.5 Å². The fourth-order valence-corrected chi connectivity index (χ4v) is 2.57. The van der Waals surface area contributed by atoms with E-state index in [1.807, 2.05) is 31.3 Å². The molecule has 2 aromatic rings. The third-order valence-electron chi connectivity index (χ3n) is 3.69. The minimum Gasteiger partial charge on any atom is -0.481 e. The molecule has 1 aromatic carbocycles. The Kier molecular flexibility index (Phi) is 6.20. The van der Waals surface area contributed by atoms with Crippen molar-refractivity contribution in [1.29, 1.82) is 0 Å². The molecule has 0 saturated carbocycles.